The van der Waals surface area contributed by atoms with Gasteiger partial charge in [0.15, 0.2) is 0 Å². The van der Waals surface area contributed by atoms with Crippen LogP contribution in [-0.4, -0.2) is 42.3 Å². The summed E-state index contributed by atoms with van der Waals surface area (Å²) in [5.41, 5.74) is 0.382. The number of carbonyl (C=O) groups excluding carboxylic acids is 1. The number of nitrogens with zero attached hydrogens (tertiary/aromatic N) is 1. The van der Waals surface area contributed by atoms with Gasteiger partial charge in [-0.25, -0.2) is 9.18 Å². The van der Waals surface area contributed by atoms with E-state index in [9.17, 15) is 14.3 Å². The summed E-state index contributed by atoms with van der Waals surface area (Å²) in [5, 5.41) is 11.9. The number of ether oxygens (including phenoxy) is 1. The van der Waals surface area contributed by atoms with Crippen LogP contribution in [-0.2, 0) is 0 Å². The molecule has 24 heavy (non-hydrogen) atoms. The molecule has 0 radical (unpaired) electrons. The Morgan fingerprint density at radius 1 is 1.46 bits per heavy atom. The molecule has 5 nitrogen and oxygen atoms in total. The number of amides is 2. The summed E-state index contributed by atoms with van der Waals surface area (Å²) in [6.07, 6.45) is 8.69. The number of benzene rings is 1. The topological polar surface area (TPSA) is 61.8 Å². The second kappa shape index (κ2) is 8.55. The number of rotatable bonds is 5. The minimum absolute atomic E-state index is 0.00661. The van der Waals surface area contributed by atoms with E-state index in [1.54, 1.807) is 11.9 Å². The lowest BCUT2D eigenvalue weighted by atomic mass is 9.86. The van der Waals surface area contributed by atoms with Crippen LogP contribution in [0.3, 0.4) is 0 Å². The fourth-order valence-electron chi connectivity index (χ4n) is 2.92. The van der Waals surface area contributed by atoms with E-state index in [0.717, 1.165) is 25.7 Å². The number of terminal acetylenes is 1. The van der Waals surface area contributed by atoms with Gasteiger partial charge >= 0.3 is 6.03 Å². The third kappa shape index (κ3) is 4.62. The number of aliphatic hydroxyl groups is 1. The minimum Gasteiger partial charge on any atom is -0.479 e. The molecule has 1 aromatic carbocycles. The van der Waals surface area contributed by atoms with Crippen LogP contribution in [0.4, 0.5) is 14.9 Å². The number of carbonyl (C=O) groups is 1. The van der Waals surface area contributed by atoms with Gasteiger partial charge in [0.25, 0.3) is 0 Å². The van der Waals surface area contributed by atoms with Gasteiger partial charge in [-0.05, 0) is 43.7 Å². The van der Waals surface area contributed by atoms with Crippen molar-refractivity contribution in [3.05, 3.63) is 24.0 Å². The molecule has 6 heteroatoms. The van der Waals surface area contributed by atoms with Crippen LogP contribution >= 0.6 is 0 Å². The normalized spacial score (nSPS) is 20.1. The molecule has 0 aromatic heterocycles. The summed E-state index contributed by atoms with van der Waals surface area (Å²) < 4.78 is 18.6. The zero-order valence-corrected chi connectivity index (χ0v) is 13.8. The highest BCUT2D eigenvalue weighted by Crippen LogP contribution is 2.29. The summed E-state index contributed by atoms with van der Waals surface area (Å²) in [7, 11) is 1.74. The first-order valence-electron chi connectivity index (χ1n) is 8.05. The molecule has 0 bridgehead atoms. The quantitative estimate of drug-likeness (QED) is 0.814. The summed E-state index contributed by atoms with van der Waals surface area (Å²) >= 11 is 0. The maximum atomic E-state index is 13.4. The van der Waals surface area contributed by atoms with Crippen LogP contribution < -0.4 is 10.1 Å². The Morgan fingerprint density at radius 2 is 2.17 bits per heavy atom. The SMILES string of the molecule is C#CCOc1cc(F)ccc1NC(=O)N(C)C1CCC(CO)CC1. The van der Waals surface area contributed by atoms with Gasteiger partial charge in [-0.1, -0.05) is 5.92 Å². The molecule has 130 valence electrons. The molecule has 1 saturated carbocycles. The highest BCUT2D eigenvalue weighted by molar-refractivity contribution is 5.91. The van der Waals surface area contributed by atoms with Crippen molar-refractivity contribution in [2.75, 3.05) is 25.6 Å². The third-order valence-corrected chi connectivity index (χ3v) is 4.44. The molecule has 1 fully saturated rings. The van der Waals surface area contributed by atoms with E-state index < -0.39 is 5.82 Å². The highest BCUT2D eigenvalue weighted by Gasteiger charge is 2.26. The highest BCUT2D eigenvalue weighted by atomic mass is 19.1. The molecule has 0 atom stereocenters. The molecule has 0 spiro atoms. The maximum Gasteiger partial charge on any atom is 0.321 e. The Labute approximate surface area is 141 Å². The molecule has 0 heterocycles. The van der Waals surface area contributed by atoms with Crippen molar-refractivity contribution >= 4 is 11.7 Å². The lowest BCUT2D eigenvalue weighted by molar-refractivity contribution is 0.139. The van der Waals surface area contributed by atoms with Crippen molar-refractivity contribution in [2.45, 2.75) is 31.7 Å². The Hall–Kier alpha value is -2.26. The van der Waals surface area contributed by atoms with Crippen molar-refractivity contribution in [2.24, 2.45) is 5.92 Å². The van der Waals surface area contributed by atoms with Crippen LogP contribution in [0.5, 0.6) is 5.75 Å². The smallest absolute Gasteiger partial charge is 0.321 e. The predicted molar refractivity (Wildman–Crippen MR) is 90.3 cm³/mol. The Kier molecular flexibility index (Phi) is 6.44. The molecule has 2 amide bonds. The van der Waals surface area contributed by atoms with Crippen molar-refractivity contribution in [1.82, 2.24) is 4.90 Å². The number of anilines is 1. The second-order valence-corrected chi connectivity index (χ2v) is 6.03. The van der Waals surface area contributed by atoms with Crippen molar-refractivity contribution in [3.63, 3.8) is 0 Å². The summed E-state index contributed by atoms with van der Waals surface area (Å²) in [5.74, 6) is 2.39. The standard InChI is InChI=1S/C18H23FN2O3/c1-3-10-24-17-11-14(19)6-9-16(17)20-18(23)21(2)15-7-4-13(12-22)5-8-15/h1,6,9,11,13,15,22H,4-5,7-8,10,12H2,2H3,(H,20,23). The second-order valence-electron chi connectivity index (χ2n) is 6.03. The van der Waals surface area contributed by atoms with Crippen molar-refractivity contribution in [1.29, 1.82) is 0 Å². The first-order chi connectivity index (χ1) is 11.5. The van der Waals surface area contributed by atoms with Gasteiger partial charge in [-0.15, -0.1) is 6.42 Å². The summed E-state index contributed by atoms with van der Waals surface area (Å²) in [4.78, 5) is 14.1. The molecule has 1 aliphatic carbocycles. The monoisotopic (exact) mass is 334 g/mol. The first-order valence-corrected chi connectivity index (χ1v) is 8.05. The fourth-order valence-corrected chi connectivity index (χ4v) is 2.92. The zero-order chi connectivity index (χ0) is 17.5. The molecule has 1 aliphatic rings. The van der Waals surface area contributed by atoms with Crippen LogP contribution in [0.25, 0.3) is 0 Å². The fraction of sp³-hybridized carbons (Fsp3) is 0.500. The number of halogens is 1. The summed E-state index contributed by atoms with van der Waals surface area (Å²) in [6.45, 7) is 0.196. The zero-order valence-electron chi connectivity index (χ0n) is 13.8. The number of urea groups is 1. The number of aliphatic hydroxyl groups excluding tert-OH is 1. The number of nitrogens with one attached hydrogen (secondary N) is 1. The van der Waals surface area contributed by atoms with Gasteiger partial charge < -0.3 is 20.1 Å². The number of hydrogen-bond acceptors (Lipinski definition) is 3. The third-order valence-electron chi connectivity index (χ3n) is 4.44. The molecule has 0 unspecified atom stereocenters. The van der Waals surface area contributed by atoms with Gasteiger partial charge in [0.1, 0.15) is 18.2 Å². The van der Waals surface area contributed by atoms with E-state index in [2.05, 4.69) is 11.2 Å². The van der Waals surface area contributed by atoms with Crippen molar-refractivity contribution in [3.8, 4) is 18.1 Å². The van der Waals surface area contributed by atoms with Crippen LogP contribution in [0.15, 0.2) is 18.2 Å². The van der Waals surface area contributed by atoms with Gasteiger partial charge in [0, 0.05) is 25.8 Å². The molecule has 0 aliphatic heterocycles. The van der Waals surface area contributed by atoms with E-state index >= 15 is 0 Å². The summed E-state index contributed by atoms with van der Waals surface area (Å²) in [6, 6.07) is 3.75. The van der Waals surface area contributed by atoms with E-state index in [4.69, 9.17) is 11.2 Å². The Bertz CT molecular complexity index is 607. The van der Waals surface area contributed by atoms with E-state index in [-0.39, 0.29) is 31.0 Å². The molecule has 1 aromatic rings. The predicted octanol–water partition coefficient (Wildman–Crippen LogP) is 2.85. The van der Waals surface area contributed by atoms with Crippen LogP contribution in [0.2, 0.25) is 0 Å². The molecule has 2 rings (SSSR count). The van der Waals surface area contributed by atoms with Gasteiger partial charge in [0.05, 0.1) is 5.69 Å². The molecule has 0 saturated heterocycles. The molecular formula is C18H23FN2O3. The number of hydrogen-bond donors (Lipinski definition) is 2. The van der Waals surface area contributed by atoms with E-state index in [1.165, 1.54) is 18.2 Å². The van der Waals surface area contributed by atoms with E-state index in [1.807, 2.05) is 0 Å². The minimum atomic E-state index is -0.462. The average molecular weight is 334 g/mol. The van der Waals surface area contributed by atoms with Crippen LogP contribution in [0.1, 0.15) is 25.7 Å². The van der Waals surface area contributed by atoms with E-state index in [0.29, 0.717) is 11.6 Å². The maximum absolute atomic E-state index is 13.4. The van der Waals surface area contributed by atoms with Crippen LogP contribution in [0, 0.1) is 24.1 Å². The molecule has 2 N–H and O–H groups in total. The Balaban J connectivity index is 2.00. The van der Waals surface area contributed by atoms with Gasteiger partial charge in [-0.3, -0.25) is 0 Å². The lowest BCUT2D eigenvalue weighted by Gasteiger charge is -2.34. The molecular weight excluding hydrogens is 311 g/mol. The average Bonchev–Trinajstić information content (AvgIpc) is 2.61. The Morgan fingerprint density at radius 3 is 2.79 bits per heavy atom. The first kappa shape index (κ1) is 18.1. The lowest BCUT2D eigenvalue weighted by Crippen LogP contribution is -2.42. The largest absolute Gasteiger partial charge is 0.479 e. The van der Waals surface area contributed by atoms with Gasteiger partial charge in [-0.2, -0.15) is 0 Å². The van der Waals surface area contributed by atoms with Gasteiger partial charge in [0.2, 0.25) is 0 Å². The van der Waals surface area contributed by atoms with Crippen molar-refractivity contribution < 1.29 is 19.0 Å².